The van der Waals surface area contributed by atoms with Gasteiger partial charge in [0.05, 0.1) is 98.9 Å². The molecular formula is C87H153N9O50. The first-order valence-electron chi connectivity index (χ1n) is 49.0. The van der Waals surface area contributed by atoms with E-state index in [9.17, 15) is 176 Å². The summed E-state index contributed by atoms with van der Waals surface area (Å²) in [5.41, 5.74) is 0. The molecule has 0 spiro atoms. The molecule has 59 heteroatoms. The van der Waals surface area contributed by atoms with Crippen molar-refractivity contribution in [1.82, 2.24) is 46.6 Å². The van der Waals surface area contributed by atoms with Crippen LogP contribution in [-0.4, -0.2) is 585 Å². The minimum Gasteiger partial charge on any atom is -0.481 e. The lowest BCUT2D eigenvalue weighted by Crippen LogP contribution is -2.65. The first-order chi connectivity index (χ1) is 69.6. The number of amides is 8. The Labute approximate surface area is 838 Å². The van der Waals surface area contributed by atoms with Gasteiger partial charge in [-0.25, -0.2) is 0 Å². The van der Waals surface area contributed by atoms with Crippen molar-refractivity contribution in [3.63, 3.8) is 0 Å². The first-order valence-corrected chi connectivity index (χ1v) is 49.0. The molecule has 8 amide bonds. The second-order valence-corrected chi connectivity index (χ2v) is 36.4. The largest absolute Gasteiger partial charge is 0.481 e. The third-order valence-corrected chi connectivity index (χ3v) is 25.4. The minimum atomic E-state index is -2.01. The third kappa shape index (κ3) is 39.6. The standard InChI is InChI=1S/C87H153N9O50/c97-36-44-59(112)66(119)72(125)81(139-44)134-29-24-95(25-30-135-82-73(126)67(120)60(113)45(37-98)140-82)56(108)14-6-2-10-19-88-52(104)18-17-43(80(132)92-22-12-3-7-15-57(109)96(26-31-136-83-74(127)68(121)61(114)46(38-99)141-83)27-32-137-84-75(128)69(122)62(115)47(39-100)142-84)93-55(107)35-94(34-54(106)90-21-11-4-8-16-58(110)111)33-53(105)89-20-9-1-5-13-51(103)91-23-28-133-86-78(131)79(146-87-77(130)71(124)64(117)49(41-102)144-87)65(118)50(145-86)42-138-85-76(129)70(123)63(116)48(40-101)143-85/h43-50,59-79,81-87,97-102,112-131H,1-42H2,(H,88,104)(H,89,105)(H,90,106)(H,91,103)(H,92,132)(H,93,107)(H,110,111)/t43-,44+,45+,46+,47+,48+,49+,50+,59+,60+,61+,62+,63+,64+,65+,66-,67-,68-,69-,70-,71-,72-,73-,74-,75-,76-,77-,78-,79-,81-,82-,83-,84-,85-,86+,87+/m0/s1. The minimum absolute atomic E-state index is 0.0110. The number of carboxylic acid groups (broad SMARTS) is 1. The maximum atomic E-state index is 14.3. The maximum Gasteiger partial charge on any atom is 0.303 e. The van der Waals surface area contributed by atoms with Crippen LogP contribution in [0.3, 0.4) is 0 Å². The molecular weight excluding hydrogens is 1970 g/mol. The van der Waals surface area contributed by atoms with Crippen molar-refractivity contribution in [3.05, 3.63) is 0 Å². The van der Waals surface area contributed by atoms with E-state index in [0.717, 1.165) is 4.90 Å². The molecule has 36 atom stereocenters. The Morgan fingerprint density at radius 1 is 0.267 bits per heavy atom. The van der Waals surface area contributed by atoms with Gasteiger partial charge in [-0.15, -0.1) is 0 Å². The van der Waals surface area contributed by atoms with Crippen molar-refractivity contribution >= 4 is 53.2 Å². The summed E-state index contributed by atoms with van der Waals surface area (Å²) >= 11 is 0. The van der Waals surface area contributed by atoms with Crippen molar-refractivity contribution in [3.8, 4) is 0 Å². The number of hydrogen-bond acceptors (Lipinski definition) is 50. The van der Waals surface area contributed by atoms with Crippen molar-refractivity contribution in [2.24, 2.45) is 0 Å². The summed E-state index contributed by atoms with van der Waals surface area (Å²) in [6.07, 6.45) is -57.4. The van der Waals surface area contributed by atoms with Crippen LogP contribution in [0.5, 0.6) is 0 Å². The van der Waals surface area contributed by atoms with Crippen LogP contribution < -0.4 is 31.9 Å². The number of aliphatic carboxylic acids is 1. The Bertz CT molecular complexity index is 3710. The Kier molecular flexibility index (Phi) is 57.1. The van der Waals surface area contributed by atoms with E-state index in [1.807, 2.05) is 0 Å². The molecule has 146 heavy (non-hydrogen) atoms. The summed E-state index contributed by atoms with van der Waals surface area (Å²) in [5, 5.41) is 294. The third-order valence-electron chi connectivity index (χ3n) is 25.4. The van der Waals surface area contributed by atoms with Gasteiger partial charge in [0.2, 0.25) is 47.3 Å². The summed E-state index contributed by atoms with van der Waals surface area (Å²) in [6, 6.07) is -1.49. The number of nitrogens with zero attached hydrogens (tertiary/aromatic N) is 3. The molecule has 0 aromatic rings. The Balaban J connectivity index is 0.956. The molecule has 0 aliphatic carbocycles. The fraction of sp³-hybridized carbons (Fsp3) is 0.897. The molecule has 0 saturated carbocycles. The molecule has 0 aromatic heterocycles. The quantitative estimate of drug-likeness (QED) is 0.0251. The smallest absolute Gasteiger partial charge is 0.303 e. The van der Waals surface area contributed by atoms with Crippen LogP contribution in [0, 0.1) is 0 Å². The highest BCUT2D eigenvalue weighted by atomic mass is 16.8. The molecule has 0 radical (unpaired) electrons. The van der Waals surface area contributed by atoms with Gasteiger partial charge in [-0.2, -0.15) is 0 Å². The van der Waals surface area contributed by atoms with Gasteiger partial charge >= 0.3 is 5.97 Å². The van der Waals surface area contributed by atoms with Crippen molar-refractivity contribution < 1.29 is 247 Å². The molecule has 7 aliphatic rings. The van der Waals surface area contributed by atoms with Crippen LogP contribution in [0.25, 0.3) is 0 Å². The SMILES string of the molecule is O=C(O)CCCCCNC(=O)CN(CC(=O)NCCCCCC(=O)NCCO[C@@H]1O[C@H](CO[C@H]2O[C@H](CO)[C@@H](O)[C@H](O)[C@@H]2O)[C@@H](O)[C@H](O[C@H]2O[C@H](CO)[C@@H](O)[C@H](O)[C@@H]2O)[C@@H]1O)CC(=O)N[C@@H](CCC(=O)NCCCCCC(=O)N(CCO[C@H]1O[C@H](CO)[C@@H](O)[C@H](O)[C@@H]1O)CCO[C@H]1O[C@H](CO)[C@@H](O)[C@H](O)[C@@H]1O)C(=O)NCCCCCC(=O)N(CCO[C@H]1O[C@H](CO)[C@@H](O)[C@H](O)[C@@H]1O)CCO[C@H]1O[C@H](CO)[C@@H](O)[C@H](O)[C@@H]1O. The van der Waals surface area contributed by atoms with Crippen molar-refractivity contribution in [1.29, 1.82) is 0 Å². The van der Waals surface area contributed by atoms with E-state index in [1.165, 1.54) is 9.80 Å². The van der Waals surface area contributed by atoms with Crippen LogP contribution in [0.4, 0.5) is 0 Å². The first kappa shape index (κ1) is 126. The molecule has 7 heterocycles. The van der Waals surface area contributed by atoms with Crippen LogP contribution in [0.2, 0.25) is 0 Å². The van der Waals surface area contributed by atoms with E-state index in [1.54, 1.807) is 0 Å². The van der Waals surface area contributed by atoms with E-state index in [0.29, 0.717) is 32.1 Å². The number of nitrogens with one attached hydrogen (secondary N) is 6. The normalized spacial score (nSPS) is 34.0. The van der Waals surface area contributed by atoms with Crippen molar-refractivity contribution in [2.45, 2.75) is 337 Å². The fourth-order valence-electron chi connectivity index (χ4n) is 16.6. The molecule has 33 N–H and O–H groups in total. The number of carbonyl (C=O) groups is 9. The molecule has 7 fully saturated rings. The summed E-state index contributed by atoms with van der Waals surface area (Å²) in [5.74, 6) is -6.22. The van der Waals surface area contributed by atoms with E-state index in [-0.39, 0.29) is 162 Å². The Morgan fingerprint density at radius 2 is 0.555 bits per heavy atom. The van der Waals surface area contributed by atoms with Crippen LogP contribution in [-0.2, 0) is 109 Å². The highest BCUT2D eigenvalue weighted by molar-refractivity contribution is 5.90. The second-order valence-electron chi connectivity index (χ2n) is 36.4. The van der Waals surface area contributed by atoms with Gasteiger partial charge < -0.3 is 246 Å². The fourth-order valence-corrected chi connectivity index (χ4v) is 16.6. The van der Waals surface area contributed by atoms with Gasteiger partial charge in [0, 0.05) is 91.0 Å². The van der Waals surface area contributed by atoms with E-state index in [2.05, 4.69) is 31.9 Å². The number of unbranched alkanes of at least 4 members (excludes halogenated alkanes) is 8. The van der Waals surface area contributed by atoms with Gasteiger partial charge in [0.25, 0.3) is 0 Å². The van der Waals surface area contributed by atoms with Crippen LogP contribution >= 0.6 is 0 Å². The summed E-state index contributed by atoms with van der Waals surface area (Å²) < 4.78 is 77.8. The van der Waals surface area contributed by atoms with Crippen molar-refractivity contribution in [2.75, 3.05) is 158 Å². The predicted octanol–water partition coefficient (Wildman–Crippen LogP) is -18.2. The number of aliphatic hydroxyl groups is 26. The molecule has 0 unspecified atom stereocenters. The monoisotopic (exact) mass is 2120 g/mol. The lowest BCUT2D eigenvalue weighted by molar-refractivity contribution is -0.366. The highest BCUT2D eigenvalue weighted by Gasteiger charge is 2.54. The maximum absolute atomic E-state index is 14.3. The number of carbonyl (C=O) groups excluding carboxylic acids is 8. The lowest BCUT2D eigenvalue weighted by Gasteiger charge is -2.46. The average molecular weight is 2130 g/mol. The van der Waals surface area contributed by atoms with E-state index in [4.69, 9.17) is 71.4 Å². The Morgan fingerprint density at radius 3 is 0.918 bits per heavy atom. The number of aliphatic hydroxyl groups excluding tert-OH is 26. The molecule has 846 valence electrons. The molecule has 7 rings (SSSR count). The van der Waals surface area contributed by atoms with Gasteiger partial charge in [0.1, 0.15) is 177 Å². The zero-order valence-corrected chi connectivity index (χ0v) is 80.8. The summed E-state index contributed by atoms with van der Waals surface area (Å²) in [6.45, 7) is -10.3. The van der Waals surface area contributed by atoms with Gasteiger partial charge in [-0.3, -0.25) is 48.1 Å². The Hall–Kier alpha value is -6.41. The topological polar surface area (TPSA) is 911 Å². The van der Waals surface area contributed by atoms with Gasteiger partial charge in [-0.1, -0.05) is 25.7 Å². The number of carboxylic acids is 1. The predicted molar refractivity (Wildman–Crippen MR) is 481 cm³/mol. The lowest BCUT2D eigenvalue weighted by atomic mass is 9.96. The average Bonchev–Trinajstić information content (AvgIpc) is 0.789. The molecule has 0 aromatic carbocycles. The van der Waals surface area contributed by atoms with Gasteiger partial charge in [0.15, 0.2) is 44.0 Å². The summed E-state index contributed by atoms with van der Waals surface area (Å²) in [4.78, 5) is 125. The molecule has 7 aliphatic heterocycles. The number of ether oxygens (including phenoxy) is 14. The van der Waals surface area contributed by atoms with E-state index < -0.39 is 353 Å². The van der Waals surface area contributed by atoms with Gasteiger partial charge in [-0.05, 0) is 57.8 Å². The zero-order chi connectivity index (χ0) is 108. The number of hydrogen-bond donors (Lipinski definition) is 33. The molecule has 7 saturated heterocycles. The highest BCUT2D eigenvalue weighted by Crippen LogP contribution is 2.34. The second kappa shape index (κ2) is 65.9. The number of rotatable bonds is 66. The van der Waals surface area contributed by atoms with E-state index >= 15 is 0 Å². The zero-order valence-electron chi connectivity index (χ0n) is 80.8. The molecule has 0 bridgehead atoms. The summed E-state index contributed by atoms with van der Waals surface area (Å²) in [7, 11) is 0. The van der Waals surface area contributed by atoms with Crippen LogP contribution in [0.1, 0.15) is 116 Å². The molecule has 59 nitrogen and oxygen atoms in total. The van der Waals surface area contributed by atoms with Crippen LogP contribution in [0.15, 0.2) is 0 Å².